The molecule has 1 aliphatic rings. The van der Waals surface area contributed by atoms with E-state index in [9.17, 15) is 19.2 Å². The van der Waals surface area contributed by atoms with E-state index < -0.39 is 12.0 Å². The summed E-state index contributed by atoms with van der Waals surface area (Å²) in [5.41, 5.74) is 3.65. The Morgan fingerprint density at radius 3 is 2.24 bits per heavy atom. The van der Waals surface area contributed by atoms with Crippen LogP contribution in [0.5, 0.6) is 0 Å². The summed E-state index contributed by atoms with van der Waals surface area (Å²) in [4.78, 5) is 49.1. The molecule has 0 spiro atoms. The number of carbonyl (C=O) groups excluding carboxylic acids is 4. The monoisotopic (exact) mass is 457 g/mol. The van der Waals surface area contributed by atoms with Crippen LogP contribution in [0.3, 0.4) is 0 Å². The zero-order valence-corrected chi connectivity index (χ0v) is 18.5. The van der Waals surface area contributed by atoms with E-state index in [0.29, 0.717) is 16.9 Å². The van der Waals surface area contributed by atoms with E-state index in [-0.39, 0.29) is 36.2 Å². The SMILES string of the molecule is Cc1ccc(C(=O)COC(=O)c2ccc(NC(=O)C[C@H]3Nc4ccccc4NC3=O)cc2)cc1. The van der Waals surface area contributed by atoms with E-state index in [1.807, 2.05) is 37.3 Å². The number of hydrogen-bond donors (Lipinski definition) is 3. The predicted octanol–water partition coefficient (Wildman–Crippen LogP) is 3.80. The molecule has 34 heavy (non-hydrogen) atoms. The van der Waals surface area contributed by atoms with Crippen LogP contribution >= 0.6 is 0 Å². The minimum Gasteiger partial charge on any atom is -0.454 e. The molecule has 3 aromatic rings. The van der Waals surface area contributed by atoms with E-state index in [4.69, 9.17) is 4.74 Å². The van der Waals surface area contributed by atoms with Gasteiger partial charge in [0.2, 0.25) is 11.8 Å². The van der Waals surface area contributed by atoms with Crippen LogP contribution in [0.25, 0.3) is 0 Å². The molecule has 0 aliphatic carbocycles. The number of ether oxygens (including phenoxy) is 1. The maximum absolute atomic E-state index is 12.4. The molecule has 1 aliphatic heterocycles. The third-order valence-corrected chi connectivity index (χ3v) is 5.33. The highest BCUT2D eigenvalue weighted by molar-refractivity contribution is 6.06. The lowest BCUT2D eigenvalue weighted by atomic mass is 10.1. The number of rotatable bonds is 7. The van der Waals surface area contributed by atoms with Crippen LogP contribution < -0.4 is 16.0 Å². The molecule has 2 amide bonds. The molecule has 8 nitrogen and oxygen atoms in total. The van der Waals surface area contributed by atoms with Gasteiger partial charge in [0.15, 0.2) is 12.4 Å². The van der Waals surface area contributed by atoms with Gasteiger partial charge in [-0.25, -0.2) is 4.79 Å². The molecule has 1 heterocycles. The Balaban J connectivity index is 1.28. The van der Waals surface area contributed by atoms with Gasteiger partial charge in [-0.05, 0) is 43.3 Å². The summed E-state index contributed by atoms with van der Waals surface area (Å²) in [5, 5.41) is 8.55. The lowest BCUT2D eigenvalue weighted by molar-refractivity contribution is -0.122. The summed E-state index contributed by atoms with van der Waals surface area (Å²) >= 11 is 0. The Morgan fingerprint density at radius 1 is 0.882 bits per heavy atom. The molecule has 3 N–H and O–H groups in total. The summed E-state index contributed by atoms with van der Waals surface area (Å²) in [6, 6.07) is 19.7. The quantitative estimate of drug-likeness (QED) is 0.367. The number of Topliss-reactive ketones (excluding diaryl/α,β-unsaturated/α-hetero) is 1. The van der Waals surface area contributed by atoms with E-state index in [1.54, 1.807) is 30.3 Å². The van der Waals surface area contributed by atoms with Crippen molar-refractivity contribution in [3.8, 4) is 0 Å². The third kappa shape index (κ3) is 5.47. The standard InChI is InChI=1S/C26H23N3O5/c1-16-6-8-17(9-7-16)23(30)15-34-26(33)18-10-12-19(13-11-18)27-24(31)14-22-25(32)29-21-5-3-2-4-20(21)28-22/h2-13,22,28H,14-15H2,1H3,(H,27,31)(H,29,32)/t22-/m1/s1. The molecule has 0 fully saturated rings. The minimum atomic E-state index is -0.699. The molecule has 3 aromatic carbocycles. The second kappa shape index (κ2) is 9.99. The number of aryl methyl sites for hydroxylation is 1. The van der Waals surface area contributed by atoms with Gasteiger partial charge in [0, 0.05) is 11.3 Å². The molecule has 1 atom stereocenters. The molecule has 0 saturated carbocycles. The van der Waals surface area contributed by atoms with Gasteiger partial charge < -0.3 is 20.7 Å². The zero-order valence-electron chi connectivity index (χ0n) is 18.5. The minimum absolute atomic E-state index is 0.0644. The van der Waals surface area contributed by atoms with Crippen LogP contribution in [0.2, 0.25) is 0 Å². The van der Waals surface area contributed by atoms with Crippen molar-refractivity contribution in [1.82, 2.24) is 0 Å². The summed E-state index contributed by atoms with van der Waals surface area (Å²) < 4.78 is 5.11. The molecular weight excluding hydrogens is 434 g/mol. The van der Waals surface area contributed by atoms with Crippen molar-refractivity contribution in [1.29, 1.82) is 0 Å². The summed E-state index contributed by atoms with van der Waals surface area (Å²) in [7, 11) is 0. The molecule has 0 unspecified atom stereocenters. The van der Waals surface area contributed by atoms with Crippen molar-refractivity contribution in [2.24, 2.45) is 0 Å². The number of fused-ring (bicyclic) bond motifs is 1. The molecule has 172 valence electrons. The lowest BCUT2D eigenvalue weighted by Gasteiger charge is -2.26. The summed E-state index contributed by atoms with van der Waals surface area (Å²) in [5.74, 6) is -1.57. The van der Waals surface area contributed by atoms with E-state index in [0.717, 1.165) is 11.3 Å². The van der Waals surface area contributed by atoms with Crippen molar-refractivity contribution >= 4 is 40.6 Å². The van der Waals surface area contributed by atoms with E-state index in [1.165, 1.54) is 12.1 Å². The Morgan fingerprint density at radius 2 is 1.53 bits per heavy atom. The topological polar surface area (TPSA) is 114 Å². The number of esters is 1. The normalized spacial score (nSPS) is 14.3. The highest BCUT2D eigenvalue weighted by atomic mass is 16.5. The molecular formula is C26H23N3O5. The number of ketones is 1. The first-order valence-electron chi connectivity index (χ1n) is 10.7. The number of amides is 2. The number of nitrogens with one attached hydrogen (secondary N) is 3. The fourth-order valence-corrected chi connectivity index (χ4v) is 3.46. The van der Waals surface area contributed by atoms with Crippen molar-refractivity contribution in [3.05, 3.63) is 89.5 Å². The Hall–Kier alpha value is -4.46. The Bertz CT molecular complexity index is 1240. The van der Waals surface area contributed by atoms with Crippen molar-refractivity contribution in [2.45, 2.75) is 19.4 Å². The zero-order chi connectivity index (χ0) is 24.1. The first-order chi connectivity index (χ1) is 16.4. The average molecular weight is 457 g/mol. The number of carbonyl (C=O) groups is 4. The van der Waals surface area contributed by atoms with Crippen LogP contribution in [0.4, 0.5) is 17.1 Å². The average Bonchev–Trinajstić information content (AvgIpc) is 2.83. The van der Waals surface area contributed by atoms with Crippen molar-refractivity contribution in [2.75, 3.05) is 22.6 Å². The second-order valence-electron chi connectivity index (χ2n) is 7.93. The van der Waals surface area contributed by atoms with E-state index in [2.05, 4.69) is 16.0 Å². The van der Waals surface area contributed by atoms with Crippen molar-refractivity contribution in [3.63, 3.8) is 0 Å². The maximum atomic E-state index is 12.4. The number of hydrogen-bond acceptors (Lipinski definition) is 6. The number of para-hydroxylation sites is 2. The largest absolute Gasteiger partial charge is 0.454 e. The Kier molecular flexibility index (Phi) is 6.68. The molecule has 0 aromatic heterocycles. The van der Waals surface area contributed by atoms with Crippen LogP contribution in [-0.4, -0.2) is 36.2 Å². The van der Waals surface area contributed by atoms with Gasteiger partial charge >= 0.3 is 5.97 Å². The van der Waals surface area contributed by atoms with Gasteiger partial charge in [-0.15, -0.1) is 0 Å². The van der Waals surface area contributed by atoms with Gasteiger partial charge in [0.05, 0.1) is 23.4 Å². The molecule has 0 radical (unpaired) electrons. The van der Waals surface area contributed by atoms with Gasteiger partial charge in [-0.3, -0.25) is 14.4 Å². The highest BCUT2D eigenvalue weighted by Crippen LogP contribution is 2.26. The number of anilines is 3. The first-order valence-corrected chi connectivity index (χ1v) is 10.7. The second-order valence-corrected chi connectivity index (χ2v) is 7.93. The molecule has 8 heteroatoms. The maximum Gasteiger partial charge on any atom is 0.338 e. The van der Waals surface area contributed by atoms with Crippen LogP contribution in [0, 0.1) is 6.92 Å². The molecule has 4 rings (SSSR count). The molecule has 0 saturated heterocycles. The Labute approximate surface area is 196 Å². The number of benzene rings is 3. The smallest absolute Gasteiger partial charge is 0.338 e. The fraction of sp³-hybridized carbons (Fsp3) is 0.154. The van der Waals surface area contributed by atoms with Gasteiger partial charge in [-0.2, -0.15) is 0 Å². The van der Waals surface area contributed by atoms with Gasteiger partial charge in [-0.1, -0.05) is 42.0 Å². The first kappa shape index (κ1) is 22.7. The third-order valence-electron chi connectivity index (χ3n) is 5.33. The lowest BCUT2D eigenvalue weighted by Crippen LogP contribution is -2.41. The van der Waals surface area contributed by atoms with Crippen LogP contribution in [0.15, 0.2) is 72.8 Å². The molecule has 0 bridgehead atoms. The van der Waals surface area contributed by atoms with Gasteiger partial charge in [0.1, 0.15) is 6.04 Å². The van der Waals surface area contributed by atoms with Gasteiger partial charge in [0.25, 0.3) is 0 Å². The van der Waals surface area contributed by atoms with Crippen LogP contribution in [0.1, 0.15) is 32.7 Å². The predicted molar refractivity (Wildman–Crippen MR) is 128 cm³/mol. The van der Waals surface area contributed by atoms with Crippen molar-refractivity contribution < 1.29 is 23.9 Å². The fourth-order valence-electron chi connectivity index (χ4n) is 3.46. The summed E-state index contributed by atoms with van der Waals surface area (Å²) in [6.45, 7) is 1.56. The van der Waals surface area contributed by atoms with E-state index >= 15 is 0 Å². The van der Waals surface area contributed by atoms with Crippen LogP contribution in [-0.2, 0) is 14.3 Å². The summed E-state index contributed by atoms with van der Waals surface area (Å²) in [6.07, 6.45) is -0.0644. The highest BCUT2D eigenvalue weighted by Gasteiger charge is 2.27.